The zero-order valence-corrected chi connectivity index (χ0v) is 16.0. The number of anilines is 1. The summed E-state index contributed by atoms with van der Waals surface area (Å²) in [4.78, 5) is 12.8. The lowest BCUT2D eigenvalue weighted by Gasteiger charge is -2.19. The molecule has 0 atom stereocenters. The van der Waals surface area contributed by atoms with Crippen LogP contribution in [0, 0.1) is 0 Å². The molecule has 144 valence electrons. The standard InChI is InChI=1S/C24H25NO3/c1-25(22-5-3-2-4-6-22)17-20-7-9-21(10-8-20)18-28-23-14-11-19(12-15-23)13-16-24(26)27/h2-12,14-15H,13,16-18H2,1H3,(H,26,27). The molecular weight excluding hydrogens is 350 g/mol. The summed E-state index contributed by atoms with van der Waals surface area (Å²) >= 11 is 0. The van der Waals surface area contributed by atoms with Gasteiger partial charge < -0.3 is 14.7 Å². The van der Waals surface area contributed by atoms with Crippen LogP contribution in [-0.2, 0) is 24.4 Å². The third-order valence-electron chi connectivity index (χ3n) is 4.60. The molecule has 4 heteroatoms. The van der Waals surface area contributed by atoms with Crippen LogP contribution in [0.2, 0.25) is 0 Å². The quantitative estimate of drug-likeness (QED) is 0.577. The first-order valence-corrected chi connectivity index (χ1v) is 9.38. The molecule has 3 rings (SSSR count). The number of carboxylic acid groups (broad SMARTS) is 1. The Hall–Kier alpha value is -3.27. The van der Waals surface area contributed by atoms with E-state index in [2.05, 4.69) is 48.3 Å². The van der Waals surface area contributed by atoms with Crippen molar-refractivity contribution in [1.82, 2.24) is 0 Å². The van der Waals surface area contributed by atoms with Gasteiger partial charge >= 0.3 is 5.97 Å². The summed E-state index contributed by atoms with van der Waals surface area (Å²) in [5.74, 6) is 0.00528. The van der Waals surface area contributed by atoms with Gasteiger partial charge in [0, 0.05) is 25.7 Å². The highest BCUT2D eigenvalue weighted by atomic mass is 16.5. The van der Waals surface area contributed by atoms with Crippen molar-refractivity contribution in [2.45, 2.75) is 26.0 Å². The van der Waals surface area contributed by atoms with Gasteiger partial charge in [-0.1, -0.05) is 54.6 Å². The normalized spacial score (nSPS) is 10.5. The van der Waals surface area contributed by atoms with Crippen LogP contribution in [0.4, 0.5) is 5.69 Å². The van der Waals surface area contributed by atoms with Crippen molar-refractivity contribution in [2.24, 2.45) is 0 Å². The van der Waals surface area contributed by atoms with E-state index < -0.39 is 5.97 Å². The molecule has 0 heterocycles. The van der Waals surface area contributed by atoms with Gasteiger partial charge in [-0.3, -0.25) is 4.79 Å². The van der Waals surface area contributed by atoms with E-state index in [0.29, 0.717) is 13.0 Å². The molecule has 3 aromatic carbocycles. The second-order valence-corrected chi connectivity index (χ2v) is 6.83. The van der Waals surface area contributed by atoms with Gasteiger partial charge in [-0.05, 0) is 47.4 Å². The highest BCUT2D eigenvalue weighted by molar-refractivity contribution is 5.67. The van der Waals surface area contributed by atoms with Crippen LogP contribution in [0.3, 0.4) is 0 Å². The Labute approximate surface area is 166 Å². The largest absolute Gasteiger partial charge is 0.489 e. The Morgan fingerprint density at radius 1 is 0.857 bits per heavy atom. The predicted molar refractivity (Wildman–Crippen MR) is 112 cm³/mol. The van der Waals surface area contributed by atoms with Crippen molar-refractivity contribution in [3.63, 3.8) is 0 Å². The summed E-state index contributed by atoms with van der Waals surface area (Å²) in [5, 5.41) is 8.74. The average Bonchev–Trinajstić information content (AvgIpc) is 2.73. The van der Waals surface area contributed by atoms with Crippen molar-refractivity contribution >= 4 is 11.7 Å². The summed E-state index contributed by atoms with van der Waals surface area (Å²) < 4.78 is 5.84. The number of nitrogens with zero attached hydrogens (tertiary/aromatic N) is 1. The van der Waals surface area contributed by atoms with E-state index in [4.69, 9.17) is 9.84 Å². The second kappa shape index (κ2) is 9.60. The predicted octanol–water partition coefficient (Wildman–Crippen LogP) is 4.92. The fourth-order valence-corrected chi connectivity index (χ4v) is 2.96. The minimum atomic E-state index is -0.779. The van der Waals surface area contributed by atoms with Crippen molar-refractivity contribution in [2.75, 3.05) is 11.9 Å². The monoisotopic (exact) mass is 375 g/mol. The molecule has 28 heavy (non-hydrogen) atoms. The van der Waals surface area contributed by atoms with Gasteiger partial charge in [0.15, 0.2) is 0 Å². The fourth-order valence-electron chi connectivity index (χ4n) is 2.96. The summed E-state index contributed by atoms with van der Waals surface area (Å²) in [6.07, 6.45) is 0.681. The fraction of sp³-hybridized carbons (Fsp3) is 0.208. The van der Waals surface area contributed by atoms with Gasteiger partial charge in [0.1, 0.15) is 12.4 Å². The maximum atomic E-state index is 10.6. The minimum absolute atomic E-state index is 0.145. The van der Waals surface area contributed by atoms with Gasteiger partial charge in [0.2, 0.25) is 0 Å². The molecular formula is C24H25NO3. The maximum Gasteiger partial charge on any atom is 0.303 e. The second-order valence-electron chi connectivity index (χ2n) is 6.83. The van der Waals surface area contributed by atoms with E-state index in [1.165, 1.54) is 11.3 Å². The summed E-state index contributed by atoms with van der Waals surface area (Å²) in [7, 11) is 2.09. The van der Waals surface area contributed by atoms with Crippen LogP contribution in [0.25, 0.3) is 0 Å². The van der Waals surface area contributed by atoms with Gasteiger partial charge in [-0.15, -0.1) is 0 Å². The van der Waals surface area contributed by atoms with Crippen LogP contribution in [0.5, 0.6) is 5.75 Å². The molecule has 0 unspecified atom stereocenters. The maximum absolute atomic E-state index is 10.6. The zero-order valence-electron chi connectivity index (χ0n) is 16.0. The number of para-hydroxylation sites is 1. The Morgan fingerprint density at radius 2 is 1.46 bits per heavy atom. The Kier molecular flexibility index (Phi) is 6.68. The third-order valence-corrected chi connectivity index (χ3v) is 4.60. The van der Waals surface area contributed by atoms with Crippen molar-refractivity contribution < 1.29 is 14.6 Å². The van der Waals surface area contributed by atoms with Crippen LogP contribution >= 0.6 is 0 Å². The molecule has 1 N–H and O–H groups in total. The number of carboxylic acids is 1. The molecule has 0 spiro atoms. The van der Waals surface area contributed by atoms with E-state index >= 15 is 0 Å². The van der Waals surface area contributed by atoms with Crippen molar-refractivity contribution in [3.05, 3.63) is 95.6 Å². The number of hydrogen-bond donors (Lipinski definition) is 1. The molecule has 0 amide bonds. The van der Waals surface area contributed by atoms with E-state index in [-0.39, 0.29) is 6.42 Å². The number of rotatable bonds is 9. The lowest BCUT2D eigenvalue weighted by atomic mass is 10.1. The Morgan fingerprint density at radius 3 is 2.11 bits per heavy atom. The molecule has 0 bridgehead atoms. The zero-order chi connectivity index (χ0) is 19.8. The van der Waals surface area contributed by atoms with Crippen molar-refractivity contribution in [1.29, 1.82) is 0 Å². The molecule has 0 aliphatic heterocycles. The van der Waals surface area contributed by atoms with Gasteiger partial charge in [0.05, 0.1) is 0 Å². The number of aryl methyl sites for hydroxylation is 1. The lowest BCUT2D eigenvalue weighted by Crippen LogP contribution is -2.16. The summed E-state index contributed by atoms with van der Waals surface area (Å²) in [6.45, 7) is 1.35. The van der Waals surface area contributed by atoms with Crippen LogP contribution in [-0.4, -0.2) is 18.1 Å². The molecule has 0 aromatic heterocycles. The smallest absolute Gasteiger partial charge is 0.303 e. The Bertz CT molecular complexity index is 874. The van der Waals surface area contributed by atoms with E-state index in [1.54, 1.807) is 0 Å². The molecule has 0 saturated carbocycles. The number of ether oxygens (including phenoxy) is 1. The average molecular weight is 375 g/mol. The van der Waals surface area contributed by atoms with Crippen LogP contribution in [0.1, 0.15) is 23.1 Å². The molecule has 3 aromatic rings. The van der Waals surface area contributed by atoms with Gasteiger partial charge in [0.25, 0.3) is 0 Å². The number of hydrogen-bond acceptors (Lipinski definition) is 3. The first-order chi connectivity index (χ1) is 13.6. The Balaban J connectivity index is 1.49. The molecule has 0 aliphatic rings. The number of carbonyl (C=O) groups is 1. The SMILES string of the molecule is CN(Cc1ccc(COc2ccc(CCC(=O)O)cc2)cc1)c1ccccc1. The van der Waals surface area contributed by atoms with Crippen LogP contribution < -0.4 is 9.64 Å². The lowest BCUT2D eigenvalue weighted by molar-refractivity contribution is -0.136. The highest BCUT2D eigenvalue weighted by Crippen LogP contribution is 2.17. The molecule has 0 radical (unpaired) electrons. The van der Waals surface area contributed by atoms with Gasteiger partial charge in [-0.2, -0.15) is 0 Å². The molecule has 0 fully saturated rings. The van der Waals surface area contributed by atoms with E-state index in [1.807, 2.05) is 42.5 Å². The highest BCUT2D eigenvalue weighted by Gasteiger charge is 2.03. The molecule has 4 nitrogen and oxygen atoms in total. The number of benzene rings is 3. The third kappa shape index (κ3) is 5.88. The van der Waals surface area contributed by atoms with Crippen LogP contribution in [0.15, 0.2) is 78.9 Å². The topological polar surface area (TPSA) is 49.8 Å². The first-order valence-electron chi connectivity index (χ1n) is 9.38. The molecule has 0 aliphatic carbocycles. The first kappa shape index (κ1) is 19.5. The van der Waals surface area contributed by atoms with E-state index in [9.17, 15) is 4.79 Å². The summed E-state index contributed by atoms with van der Waals surface area (Å²) in [5.41, 5.74) is 4.56. The molecule has 0 saturated heterocycles. The summed E-state index contributed by atoms with van der Waals surface area (Å²) in [6, 6.07) is 26.4. The van der Waals surface area contributed by atoms with Gasteiger partial charge in [-0.25, -0.2) is 0 Å². The number of aliphatic carboxylic acids is 1. The van der Waals surface area contributed by atoms with E-state index in [0.717, 1.165) is 23.4 Å². The van der Waals surface area contributed by atoms with Crippen molar-refractivity contribution in [3.8, 4) is 5.75 Å². The minimum Gasteiger partial charge on any atom is -0.489 e.